The molecule has 0 saturated carbocycles. The van der Waals surface area contributed by atoms with E-state index < -0.39 is 0 Å². The Morgan fingerprint density at radius 3 is 2.82 bits per heavy atom. The van der Waals surface area contributed by atoms with Crippen molar-refractivity contribution in [3.8, 4) is 9.88 Å². The molecule has 2 aromatic rings. The molecule has 0 fully saturated rings. The predicted octanol–water partition coefficient (Wildman–Crippen LogP) is 3.63. The Morgan fingerprint density at radius 1 is 1.36 bits per heavy atom. The molecular weight excluding hydrogens is 242 g/mol. The third-order valence-electron chi connectivity index (χ3n) is 1.22. The summed E-state index contributed by atoms with van der Waals surface area (Å²) in [6.45, 7) is 0. The highest BCUT2D eigenvalue weighted by Gasteiger charge is 2.01. The molecule has 0 atom stereocenters. The number of hydrogen-bond donors (Lipinski definition) is 0. The molecule has 0 bridgehead atoms. The van der Waals surface area contributed by atoms with Crippen molar-refractivity contribution in [1.82, 2.24) is 4.98 Å². The first kappa shape index (κ1) is 7.46. The second-order valence-corrected chi connectivity index (χ2v) is 5.30. The van der Waals surface area contributed by atoms with Crippen LogP contribution in [0.3, 0.4) is 0 Å². The van der Waals surface area contributed by atoms with E-state index in [2.05, 4.69) is 27.0 Å². The van der Waals surface area contributed by atoms with Gasteiger partial charge in [-0.15, -0.1) is 22.7 Å². The van der Waals surface area contributed by atoms with Crippen molar-refractivity contribution in [3.05, 3.63) is 27.5 Å². The van der Waals surface area contributed by atoms with Gasteiger partial charge in [0.1, 0.15) is 5.01 Å². The maximum Gasteiger partial charge on any atom is 0.133 e. The highest BCUT2D eigenvalue weighted by molar-refractivity contribution is 9.11. The van der Waals surface area contributed by atoms with Crippen molar-refractivity contribution >= 4 is 38.6 Å². The molecule has 2 aromatic heterocycles. The Morgan fingerprint density at radius 2 is 2.27 bits per heavy atom. The van der Waals surface area contributed by atoms with Crippen LogP contribution in [-0.2, 0) is 0 Å². The smallest absolute Gasteiger partial charge is 0.133 e. The van der Waals surface area contributed by atoms with E-state index in [1.807, 2.05) is 17.6 Å². The van der Waals surface area contributed by atoms with Crippen molar-refractivity contribution in [2.24, 2.45) is 0 Å². The average molecular weight is 246 g/mol. The molecule has 0 amide bonds. The van der Waals surface area contributed by atoms with Crippen LogP contribution in [0.4, 0.5) is 0 Å². The van der Waals surface area contributed by atoms with E-state index in [1.54, 1.807) is 22.7 Å². The summed E-state index contributed by atoms with van der Waals surface area (Å²) in [5.41, 5.74) is 0. The standard InChI is InChI=1S/C7H4BrNS2/c8-6-2-1-5(11-6)7-9-3-4-10-7/h1-4H. The van der Waals surface area contributed by atoms with Gasteiger partial charge in [-0.05, 0) is 28.1 Å². The fourth-order valence-electron chi connectivity index (χ4n) is 0.774. The molecular formula is C7H4BrNS2. The van der Waals surface area contributed by atoms with Crippen molar-refractivity contribution in [2.75, 3.05) is 0 Å². The van der Waals surface area contributed by atoms with Crippen molar-refractivity contribution in [2.45, 2.75) is 0 Å². The lowest BCUT2D eigenvalue weighted by Crippen LogP contribution is -1.63. The maximum absolute atomic E-state index is 4.21. The molecule has 0 saturated heterocycles. The Balaban J connectivity index is 2.45. The minimum absolute atomic E-state index is 1.10. The lowest BCUT2D eigenvalue weighted by molar-refractivity contribution is 1.43. The van der Waals surface area contributed by atoms with E-state index in [0.29, 0.717) is 0 Å². The molecule has 4 heteroatoms. The number of rotatable bonds is 1. The molecule has 1 nitrogen and oxygen atoms in total. The number of hydrogen-bond acceptors (Lipinski definition) is 3. The number of aromatic nitrogens is 1. The summed E-state index contributed by atoms with van der Waals surface area (Å²) in [6.07, 6.45) is 1.83. The van der Waals surface area contributed by atoms with Crippen molar-refractivity contribution in [3.63, 3.8) is 0 Å². The Labute approximate surface area is 80.9 Å². The van der Waals surface area contributed by atoms with Crippen molar-refractivity contribution in [1.29, 1.82) is 0 Å². The molecule has 0 spiro atoms. The van der Waals surface area contributed by atoms with Crippen LogP contribution in [0.1, 0.15) is 0 Å². The molecule has 0 aliphatic rings. The summed E-state index contributed by atoms with van der Waals surface area (Å²) in [5, 5.41) is 3.09. The van der Waals surface area contributed by atoms with Crippen LogP contribution in [0, 0.1) is 0 Å². The summed E-state index contributed by atoms with van der Waals surface area (Å²) < 4.78 is 1.16. The molecule has 0 unspecified atom stereocenters. The molecule has 0 N–H and O–H groups in total. The summed E-state index contributed by atoms with van der Waals surface area (Å²) in [7, 11) is 0. The van der Waals surface area contributed by atoms with Gasteiger partial charge in [0.15, 0.2) is 0 Å². The average Bonchev–Trinajstić information content (AvgIpc) is 2.55. The first-order valence-corrected chi connectivity index (χ1v) is 5.50. The van der Waals surface area contributed by atoms with Gasteiger partial charge in [-0.25, -0.2) is 4.98 Å². The van der Waals surface area contributed by atoms with E-state index in [-0.39, 0.29) is 0 Å². The van der Waals surface area contributed by atoms with E-state index in [1.165, 1.54) is 4.88 Å². The van der Waals surface area contributed by atoms with E-state index in [9.17, 15) is 0 Å². The van der Waals surface area contributed by atoms with E-state index in [0.717, 1.165) is 8.79 Å². The highest BCUT2D eigenvalue weighted by atomic mass is 79.9. The quantitative estimate of drug-likeness (QED) is 0.748. The molecule has 0 aromatic carbocycles. The number of nitrogens with zero attached hydrogens (tertiary/aromatic N) is 1. The lowest BCUT2D eigenvalue weighted by Gasteiger charge is -1.84. The van der Waals surface area contributed by atoms with Gasteiger partial charge >= 0.3 is 0 Å². The summed E-state index contributed by atoms with van der Waals surface area (Å²) in [4.78, 5) is 5.44. The predicted molar refractivity (Wildman–Crippen MR) is 53.1 cm³/mol. The van der Waals surface area contributed by atoms with Gasteiger partial charge in [0.05, 0.1) is 8.66 Å². The van der Waals surface area contributed by atoms with E-state index in [4.69, 9.17) is 0 Å². The van der Waals surface area contributed by atoms with Crippen LogP contribution in [0.25, 0.3) is 9.88 Å². The van der Waals surface area contributed by atoms with Gasteiger partial charge in [-0.2, -0.15) is 0 Å². The SMILES string of the molecule is Brc1ccc(-c2nccs2)s1. The molecule has 0 aliphatic heterocycles. The first-order valence-electron chi connectivity index (χ1n) is 3.01. The molecule has 2 heterocycles. The van der Waals surface area contributed by atoms with Gasteiger partial charge in [-0.1, -0.05) is 0 Å². The lowest BCUT2D eigenvalue weighted by atomic mass is 10.5. The van der Waals surface area contributed by atoms with Gasteiger partial charge < -0.3 is 0 Å². The van der Waals surface area contributed by atoms with Gasteiger partial charge in [-0.3, -0.25) is 0 Å². The second kappa shape index (κ2) is 3.05. The Bertz CT molecular complexity index is 339. The molecule has 0 radical (unpaired) electrons. The zero-order valence-electron chi connectivity index (χ0n) is 5.45. The minimum atomic E-state index is 1.10. The number of halogens is 1. The summed E-state index contributed by atoms with van der Waals surface area (Å²) >= 11 is 6.79. The fourth-order valence-corrected chi connectivity index (χ4v) is 2.88. The van der Waals surface area contributed by atoms with E-state index >= 15 is 0 Å². The Hall–Kier alpha value is -0.190. The summed E-state index contributed by atoms with van der Waals surface area (Å²) in [5.74, 6) is 0. The summed E-state index contributed by atoms with van der Waals surface area (Å²) in [6, 6.07) is 4.12. The number of thiophene rings is 1. The third-order valence-corrected chi connectivity index (χ3v) is 3.78. The zero-order valence-corrected chi connectivity index (χ0v) is 8.67. The van der Waals surface area contributed by atoms with Gasteiger partial charge in [0, 0.05) is 11.6 Å². The van der Waals surface area contributed by atoms with Gasteiger partial charge in [0.2, 0.25) is 0 Å². The molecule has 11 heavy (non-hydrogen) atoms. The van der Waals surface area contributed by atoms with Crippen LogP contribution in [0.2, 0.25) is 0 Å². The van der Waals surface area contributed by atoms with Crippen LogP contribution in [-0.4, -0.2) is 4.98 Å². The van der Waals surface area contributed by atoms with Crippen LogP contribution < -0.4 is 0 Å². The van der Waals surface area contributed by atoms with Crippen LogP contribution in [0.15, 0.2) is 27.5 Å². The van der Waals surface area contributed by atoms with Crippen molar-refractivity contribution < 1.29 is 0 Å². The molecule has 2 rings (SSSR count). The zero-order chi connectivity index (χ0) is 7.68. The second-order valence-electron chi connectivity index (χ2n) is 1.94. The highest BCUT2D eigenvalue weighted by Crippen LogP contribution is 2.31. The largest absolute Gasteiger partial charge is 0.244 e. The van der Waals surface area contributed by atoms with Crippen LogP contribution in [0.5, 0.6) is 0 Å². The minimum Gasteiger partial charge on any atom is -0.244 e. The van der Waals surface area contributed by atoms with Crippen LogP contribution >= 0.6 is 38.6 Å². The maximum atomic E-state index is 4.21. The third kappa shape index (κ3) is 1.52. The molecule has 56 valence electrons. The van der Waals surface area contributed by atoms with Gasteiger partial charge in [0.25, 0.3) is 0 Å². The molecule has 0 aliphatic carbocycles. The topological polar surface area (TPSA) is 12.9 Å². The first-order chi connectivity index (χ1) is 5.36. The normalized spacial score (nSPS) is 10.3. The monoisotopic (exact) mass is 245 g/mol. The fraction of sp³-hybridized carbons (Fsp3) is 0. The number of thiazole rings is 1. The Kier molecular flexibility index (Phi) is 2.07.